The van der Waals surface area contributed by atoms with Crippen LogP contribution in [-0.4, -0.2) is 31.2 Å². The highest BCUT2D eigenvalue weighted by Gasteiger charge is 2.23. The summed E-state index contributed by atoms with van der Waals surface area (Å²) in [4.78, 5) is 24.0. The van der Waals surface area contributed by atoms with Crippen LogP contribution >= 0.6 is 0 Å². The lowest BCUT2D eigenvalue weighted by Crippen LogP contribution is -2.21. The molecule has 0 radical (unpaired) electrons. The number of rotatable bonds is 8. The van der Waals surface area contributed by atoms with Gasteiger partial charge in [-0.15, -0.1) is 0 Å². The molecule has 2 N–H and O–H groups in total. The molecular weight excluding hydrogens is 334 g/mol. The Morgan fingerprint density at radius 1 is 1.27 bits per heavy atom. The summed E-state index contributed by atoms with van der Waals surface area (Å²) in [6, 6.07) is 0. The molecule has 0 aromatic carbocycles. The van der Waals surface area contributed by atoms with E-state index in [1.165, 1.54) is 38.4 Å². The highest BCUT2D eigenvalue weighted by atomic mass is 16.5. The van der Waals surface area contributed by atoms with Gasteiger partial charge in [-0.05, 0) is 12.3 Å². The summed E-state index contributed by atoms with van der Waals surface area (Å²) >= 11 is 0. The molecule has 1 saturated carbocycles. The van der Waals surface area contributed by atoms with Gasteiger partial charge in [-0.25, -0.2) is 15.4 Å². The van der Waals surface area contributed by atoms with Crippen LogP contribution in [0.25, 0.3) is 11.5 Å². The summed E-state index contributed by atoms with van der Waals surface area (Å²) in [5.41, 5.74) is 2.34. The first kappa shape index (κ1) is 18.4. The third-order valence-corrected chi connectivity index (χ3v) is 5.06. The monoisotopic (exact) mass is 359 g/mol. The van der Waals surface area contributed by atoms with Crippen molar-refractivity contribution in [1.82, 2.24) is 25.6 Å². The highest BCUT2D eigenvalue weighted by molar-refractivity contribution is 5.75. The van der Waals surface area contributed by atoms with E-state index in [9.17, 15) is 4.79 Å². The number of carbonyl (C=O) groups excluding carboxylic acids is 1. The van der Waals surface area contributed by atoms with Crippen LogP contribution in [0.15, 0.2) is 23.2 Å². The first-order chi connectivity index (χ1) is 12.8. The Morgan fingerprint density at radius 3 is 2.77 bits per heavy atom. The molecule has 3 rings (SSSR count). The van der Waals surface area contributed by atoms with Crippen molar-refractivity contribution in [2.75, 3.05) is 0 Å². The third-order valence-electron chi connectivity index (χ3n) is 5.06. The quantitative estimate of drug-likeness (QED) is 0.549. The average molecular weight is 359 g/mol. The number of amides is 1. The van der Waals surface area contributed by atoms with E-state index in [1.807, 2.05) is 0 Å². The van der Waals surface area contributed by atoms with E-state index in [4.69, 9.17) is 9.73 Å². The molecule has 0 spiro atoms. The third kappa shape index (κ3) is 5.08. The lowest BCUT2D eigenvalue weighted by atomic mass is 9.84. The van der Waals surface area contributed by atoms with Crippen LogP contribution in [0, 0.1) is 5.92 Å². The Hall–Kier alpha value is -2.35. The molecule has 26 heavy (non-hydrogen) atoms. The number of hydrogen-bond acceptors (Lipinski definition) is 7. The Balaban J connectivity index is 1.63. The zero-order chi connectivity index (χ0) is 18.2. The van der Waals surface area contributed by atoms with E-state index < -0.39 is 5.91 Å². The molecule has 1 amide bonds. The minimum atomic E-state index is -0.443. The molecule has 8 heteroatoms. The molecular formula is C18H25N5O3. The maximum Gasteiger partial charge on any atom is 0.261 e. The zero-order valence-electron chi connectivity index (χ0n) is 14.8. The summed E-state index contributed by atoms with van der Waals surface area (Å²) < 4.78 is 5.31. The van der Waals surface area contributed by atoms with Crippen molar-refractivity contribution in [3.05, 3.63) is 24.5 Å². The zero-order valence-corrected chi connectivity index (χ0v) is 14.8. The fourth-order valence-corrected chi connectivity index (χ4v) is 3.65. The van der Waals surface area contributed by atoms with Crippen molar-refractivity contribution in [3.63, 3.8) is 0 Å². The van der Waals surface area contributed by atoms with Gasteiger partial charge in [0.25, 0.3) is 5.89 Å². The van der Waals surface area contributed by atoms with E-state index in [0.717, 1.165) is 25.2 Å². The Kier molecular flexibility index (Phi) is 6.65. The van der Waals surface area contributed by atoms with Gasteiger partial charge in [-0.1, -0.05) is 50.1 Å². The Bertz CT molecular complexity index is 685. The Morgan fingerprint density at radius 2 is 2.04 bits per heavy atom. The standard InChI is InChI=1S/C18H25N5O3/c24-16(22-25)9-14(8-4-7-13-5-2-1-3-6-13)17-21-18(26-23-17)15-10-19-12-20-11-15/h10-14,25H,1-9H2,(H,22,24)/t14-/m1/s1. The van der Waals surface area contributed by atoms with Crippen molar-refractivity contribution in [2.24, 2.45) is 5.92 Å². The summed E-state index contributed by atoms with van der Waals surface area (Å²) in [6.45, 7) is 0. The molecule has 0 aliphatic heterocycles. The number of hydrogen-bond donors (Lipinski definition) is 2. The maximum absolute atomic E-state index is 11.7. The van der Waals surface area contributed by atoms with Crippen LogP contribution in [0.3, 0.4) is 0 Å². The number of nitrogens with zero attached hydrogens (tertiary/aromatic N) is 4. The van der Waals surface area contributed by atoms with Crippen molar-refractivity contribution < 1.29 is 14.5 Å². The van der Waals surface area contributed by atoms with Crippen LogP contribution in [0.2, 0.25) is 0 Å². The van der Waals surface area contributed by atoms with Gasteiger partial charge in [0.05, 0.1) is 5.56 Å². The average Bonchev–Trinajstić information content (AvgIpc) is 3.19. The second-order valence-electron chi connectivity index (χ2n) is 6.96. The number of carbonyl (C=O) groups is 1. The number of nitrogens with one attached hydrogen (secondary N) is 1. The van der Waals surface area contributed by atoms with Gasteiger partial charge in [-0.3, -0.25) is 10.0 Å². The van der Waals surface area contributed by atoms with Gasteiger partial charge < -0.3 is 4.52 Å². The minimum Gasteiger partial charge on any atom is -0.334 e. The van der Waals surface area contributed by atoms with E-state index in [-0.39, 0.29) is 12.3 Å². The van der Waals surface area contributed by atoms with Gasteiger partial charge in [0.2, 0.25) is 5.91 Å². The van der Waals surface area contributed by atoms with Gasteiger partial charge in [0.1, 0.15) is 6.33 Å². The second kappa shape index (κ2) is 9.38. The van der Waals surface area contributed by atoms with Crippen molar-refractivity contribution >= 4 is 5.91 Å². The minimum absolute atomic E-state index is 0.130. The molecule has 0 saturated heterocycles. The van der Waals surface area contributed by atoms with Crippen LogP contribution in [0.1, 0.15) is 69.5 Å². The van der Waals surface area contributed by atoms with Crippen LogP contribution in [0.5, 0.6) is 0 Å². The fourth-order valence-electron chi connectivity index (χ4n) is 3.65. The molecule has 8 nitrogen and oxygen atoms in total. The van der Waals surface area contributed by atoms with Gasteiger partial charge >= 0.3 is 0 Å². The van der Waals surface area contributed by atoms with Gasteiger partial charge in [-0.2, -0.15) is 4.98 Å². The van der Waals surface area contributed by atoms with Crippen LogP contribution in [0.4, 0.5) is 0 Å². The lowest BCUT2D eigenvalue weighted by Gasteiger charge is -2.22. The van der Waals surface area contributed by atoms with E-state index in [0.29, 0.717) is 17.3 Å². The molecule has 0 bridgehead atoms. The second-order valence-corrected chi connectivity index (χ2v) is 6.96. The molecule has 2 aromatic rings. The normalized spacial score (nSPS) is 16.3. The predicted octanol–water partition coefficient (Wildman–Crippen LogP) is 3.26. The molecule has 1 aliphatic rings. The highest BCUT2D eigenvalue weighted by Crippen LogP contribution is 2.31. The molecule has 1 fully saturated rings. The van der Waals surface area contributed by atoms with Crippen molar-refractivity contribution in [2.45, 2.75) is 63.7 Å². The molecule has 2 aromatic heterocycles. The molecule has 1 aliphatic carbocycles. The maximum atomic E-state index is 11.7. The molecule has 140 valence electrons. The van der Waals surface area contributed by atoms with Crippen molar-refractivity contribution in [1.29, 1.82) is 0 Å². The van der Waals surface area contributed by atoms with Gasteiger partial charge in [0, 0.05) is 24.7 Å². The predicted molar refractivity (Wildman–Crippen MR) is 93.0 cm³/mol. The lowest BCUT2D eigenvalue weighted by molar-refractivity contribution is -0.129. The summed E-state index contributed by atoms with van der Waals surface area (Å²) in [5, 5.41) is 12.9. The Labute approximate surface area is 152 Å². The number of aromatic nitrogens is 4. The largest absolute Gasteiger partial charge is 0.334 e. The van der Waals surface area contributed by atoms with Crippen molar-refractivity contribution in [3.8, 4) is 11.5 Å². The summed E-state index contributed by atoms with van der Waals surface area (Å²) in [6.07, 6.45) is 14.3. The van der Waals surface area contributed by atoms with E-state index in [2.05, 4.69) is 20.1 Å². The first-order valence-corrected chi connectivity index (χ1v) is 9.28. The van der Waals surface area contributed by atoms with E-state index in [1.54, 1.807) is 17.9 Å². The molecule has 2 heterocycles. The van der Waals surface area contributed by atoms with Crippen LogP contribution in [-0.2, 0) is 4.79 Å². The number of hydroxylamine groups is 1. The van der Waals surface area contributed by atoms with E-state index >= 15 is 0 Å². The first-order valence-electron chi connectivity index (χ1n) is 9.28. The summed E-state index contributed by atoms with van der Waals surface area (Å²) in [7, 11) is 0. The topological polar surface area (TPSA) is 114 Å². The smallest absolute Gasteiger partial charge is 0.261 e. The van der Waals surface area contributed by atoms with Gasteiger partial charge in [0.15, 0.2) is 5.82 Å². The summed E-state index contributed by atoms with van der Waals surface area (Å²) in [5.74, 6) is 0.978. The molecule has 0 unspecified atom stereocenters. The van der Waals surface area contributed by atoms with Crippen LogP contribution < -0.4 is 5.48 Å². The fraction of sp³-hybridized carbons (Fsp3) is 0.611. The molecule has 1 atom stereocenters. The SMILES string of the molecule is O=C(C[C@@H](CCCC1CCCCC1)c1noc(-c2cncnc2)n1)NO.